The lowest BCUT2D eigenvalue weighted by atomic mass is 9.97. The summed E-state index contributed by atoms with van der Waals surface area (Å²) in [5, 5.41) is 17.9. The summed E-state index contributed by atoms with van der Waals surface area (Å²) >= 11 is 0. The van der Waals surface area contributed by atoms with E-state index >= 15 is 0 Å². The van der Waals surface area contributed by atoms with Gasteiger partial charge in [-0.15, -0.1) is 0 Å². The van der Waals surface area contributed by atoms with Gasteiger partial charge in [0.2, 0.25) is 6.10 Å². The Bertz CT molecular complexity index is 661. The second-order valence-corrected chi connectivity index (χ2v) is 4.48. The van der Waals surface area contributed by atoms with Crippen molar-refractivity contribution in [2.45, 2.75) is 19.2 Å². The zero-order valence-corrected chi connectivity index (χ0v) is 10.6. The number of hydrogen-bond acceptors (Lipinski definition) is 3. The summed E-state index contributed by atoms with van der Waals surface area (Å²) in [5.41, 5.74) is -0.983. The van der Waals surface area contributed by atoms with Crippen LogP contribution in [0.15, 0.2) is 17.7 Å². The highest BCUT2D eigenvalue weighted by atomic mass is 19.4. The number of fused-ring (bicyclic) bond motifs is 1. The van der Waals surface area contributed by atoms with E-state index in [-0.39, 0.29) is 5.56 Å². The molecule has 21 heavy (non-hydrogen) atoms. The fourth-order valence-corrected chi connectivity index (χ4v) is 2.04. The molecule has 1 aromatic carbocycles. The number of aliphatic carboxylic acids is 1. The fourth-order valence-electron chi connectivity index (χ4n) is 2.04. The van der Waals surface area contributed by atoms with Gasteiger partial charge in [0.05, 0.1) is 5.57 Å². The maximum atomic E-state index is 12.9. The molecule has 0 saturated heterocycles. The number of alkyl halides is 3. The molecule has 112 valence electrons. The molecular formula is C13H9F3O5. The number of aryl methyl sites for hydroxylation is 1. The number of ether oxygens (including phenoxy) is 1. The van der Waals surface area contributed by atoms with Crippen LogP contribution in [0.4, 0.5) is 13.2 Å². The van der Waals surface area contributed by atoms with Crippen LogP contribution in [-0.4, -0.2) is 34.4 Å². The van der Waals surface area contributed by atoms with Crippen LogP contribution < -0.4 is 4.74 Å². The van der Waals surface area contributed by atoms with Crippen LogP contribution in [0.3, 0.4) is 0 Å². The summed E-state index contributed by atoms with van der Waals surface area (Å²) < 4.78 is 43.3. The first-order chi connectivity index (χ1) is 9.61. The highest BCUT2D eigenvalue weighted by Gasteiger charge is 2.49. The summed E-state index contributed by atoms with van der Waals surface area (Å²) in [6.07, 6.45) is -6.88. The van der Waals surface area contributed by atoms with Gasteiger partial charge < -0.3 is 14.9 Å². The van der Waals surface area contributed by atoms with Crippen molar-refractivity contribution < 1.29 is 37.7 Å². The van der Waals surface area contributed by atoms with Gasteiger partial charge in [0.1, 0.15) is 11.3 Å². The van der Waals surface area contributed by atoms with Crippen molar-refractivity contribution in [1.29, 1.82) is 0 Å². The Balaban J connectivity index is 2.69. The van der Waals surface area contributed by atoms with Gasteiger partial charge in [-0.2, -0.15) is 13.2 Å². The van der Waals surface area contributed by atoms with Crippen LogP contribution in [0.1, 0.15) is 21.5 Å². The van der Waals surface area contributed by atoms with E-state index in [0.717, 1.165) is 12.1 Å². The Hall–Kier alpha value is -2.51. The Morgan fingerprint density at radius 3 is 2.29 bits per heavy atom. The number of halogens is 3. The molecular weight excluding hydrogens is 293 g/mol. The number of carbonyl (C=O) groups is 2. The number of benzene rings is 1. The minimum atomic E-state index is -4.97. The summed E-state index contributed by atoms with van der Waals surface area (Å²) in [7, 11) is 0. The zero-order chi connectivity index (χ0) is 15.9. The Kier molecular flexibility index (Phi) is 3.40. The Morgan fingerprint density at radius 1 is 1.19 bits per heavy atom. The van der Waals surface area contributed by atoms with Crippen LogP contribution in [0.5, 0.6) is 5.75 Å². The van der Waals surface area contributed by atoms with Crippen molar-refractivity contribution in [1.82, 2.24) is 0 Å². The van der Waals surface area contributed by atoms with Crippen LogP contribution in [0.25, 0.3) is 6.08 Å². The topological polar surface area (TPSA) is 83.8 Å². The Labute approximate surface area is 116 Å². The lowest BCUT2D eigenvalue weighted by Gasteiger charge is -2.28. The van der Waals surface area contributed by atoms with E-state index in [4.69, 9.17) is 10.2 Å². The minimum Gasteiger partial charge on any atom is -0.478 e. The van der Waals surface area contributed by atoms with Crippen LogP contribution >= 0.6 is 0 Å². The predicted molar refractivity (Wildman–Crippen MR) is 64.2 cm³/mol. The third-order valence-electron chi connectivity index (χ3n) is 2.87. The summed E-state index contributed by atoms with van der Waals surface area (Å²) in [6, 6.07) is 2.52. The van der Waals surface area contributed by atoms with Crippen molar-refractivity contribution in [3.8, 4) is 5.75 Å². The minimum absolute atomic E-state index is 0.00898. The summed E-state index contributed by atoms with van der Waals surface area (Å²) in [4.78, 5) is 22.1. The van der Waals surface area contributed by atoms with E-state index in [2.05, 4.69) is 4.74 Å². The molecule has 1 aromatic rings. The van der Waals surface area contributed by atoms with Gasteiger partial charge in [-0.3, -0.25) is 0 Å². The molecule has 0 amide bonds. The quantitative estimate of drug-likeness (QED) is 0.877. The van der Waals surface area contributed by atoms with E-state index in [1.165, 1.54) is 13.0 Å². The van der Waals surface area contributed by atoms with Gasteiger partial charge in [0.25, 0.3) is 0 Å². The average Bonchev–Trinajstić information content (AvgIpc) is 2.34. The van der Waals surface area contributed by atoms with Gasteiger partial charge in [0.15, 0.2) is 0 Å². The van der Waals surface area contributed by atoms with E-state index < -0.39 is 41.1 Å². The van der Waals surface area contributed by atoms with Crippen LogP contribution in [-0.2, 0) is 4.79 Å². The van der Waals surface area contributed by atoms with E-state index in [9.17, 15) is 22.8 Å². The molecule has 0 fully saturated rings. The van der Waals surface area contributed by atoms with Crippen molar-refractivity contribution >= 4 is 18.0 Å². The molecule has 0 spiro atoms. The third kappa shape index (κ3) is 2.69. The third-order valence-corrected chi connectivity index (χ3v) is 2.87. The normalized spacial score (nSPS) is 17.5. The zero-order valence-electron chi connectivity index (χ0n) is 10.6. The van der Waals surface area contributed by atoms with Gasteiger partial charge in [-0.1, -0.05) is 0 Å². The molecule has 5 nitrogen and oxygen atoms in total. The van der Waals surface area contributed by atoms with Crippen molar-refractivity contribution in [3.63, 3.8) is 0 Å². The second-order valence-electron chi connectivity index (χ2n) is 4.48. The monoisotopic (exact) mass is 302 g/mol. The van der Waals surface area contributed by atoms with Crippen molar-refractivity contribution in [2.75, 3.05) is 0 Å². The highest BCUT2D eigenvalue weighted by Crippen LogP contribution is 2.39. The number of hydrogen-bond donors (Lipinski definition) is 2. The SMILES string of the molecule is Cc1cc2c(c(C(=O)O)c1)OC(C(F)(F)F)C(C(=O)O)=C2. The van der Waals surface area contributed by atoms with E-state index in [0.29, 0.717) is 5.56 Å². The lowest BCUT2D eigenvalue weighted by molar-refractivity contribution is -0.187. The average molecular weight is 302 g/mol. The molecule has 2 rings (SSSR count). The van der Waals surface area contributed by atoms with Crippen LogP contribution in [0.2, 0.25) is 0 Å². The number of aromatic carboxylic acids is 1. The molecule has 1 aliphatic rings. The van der Waals surface area contributed by atoms with Crippen molar-refractivity contribution in [3.05, 3.63) is 34.4 Å². The van der Waals surface area contributed by atoms with Gasteiger partial charge in [-0.05, 0) is 30.7 Å². The van der Waals surface area contributed by atoms with E-state index in [1.807, 2.05) is 0 Å². The van der Waals surface area contributed by atoms with E-state index in [1.54, 1.807) is 0 Å². The first-order valence-electron chi connectivity index (χ1n) is 5.67. The van der Waals surface area contributed by atoms with Gasteiger partial charge >= 0.3 is 18.1 Å². The molecule has 2 N–H and O–H groups in total. The first kappa shape index (κ1) is 14.9. The predicted octanol–water partition coefficient (Wildman–Crippen LogP) is 2.48. The number of rotatable bonds is 2. The van der Waals surface area contributed by atoms with Gasteiger partial charge in [-0.25, -0.2) is 9.59 Å². The molecule has 0 bridgehead atoms. The summed E-state index contributed by atoms with van der Waals surface area (Å²) in [5.74, 6) is -3.72. The van der Waals surface area contributed by atoms with Crippen LogP contribution in [0, 0.1) is 6.92 Å². The molecule has 1 unspecified atom stereocenters. The molecule has 1 heterocycles. The molecule has 0 aliphatic carbocycles. The molecule has 0 saturated carbocycles. The fraction of sp³-hybridized carbons (Fsp3) is 0.231. The molecule has 8 heteroatoms. The molecule has 1 aliphatic heterocycles. The number of carboxylic acids is 2. The highest BCUT2D eigenvalue weighted by molar-refractivity contribution is 5.98. The second kappa shape index (κ2) is 4.80. The number of carboxylic acid groups (broad SMARTS) is 2. The van der Waals surface area contributed by atoms with Gasteiger partial charge in [0, 0.05) is 5.56 Å². The molecule has 0 radical (unpaired) electrons. The standard InChI is InChI=1S/C13H9F3O5/c1-5-2-6-4-8(12(19)20)10(13(14,15)16)21-9(6)7(3-5)11(17)18/h2-4,10H,1H3,(H,17,18)(H,19,20). The lowest BCUT2D eigenvalue weighted by Crippen LogP contribution is -2.40. The maximum Gasteiger partial charge on any atom is 0.430 e. The smallest absolute Gasteiger partial charge is 0.430 e. The maximum absolute atomic E-state index is 12.9. The van der Waals surface area contributed by atoms with Crippen molar-refractivity contribution in [2.24, 2.45) is 0 Å². The summed E-state index contributed by atoms with van der Waals surface area (Å²) in [6.45, 7) is 1.54. The largest absolute Gasteiger partial charge is 0.478 e. The first-order valence-corrected chi connectivity index (χ1v) is 5.67. The Morgan fingerprint density at radius 2 is 1.81 bits per heavy atom. The molecule has 1 atom stereocenters. The molecule has 0 aromatic heterocycles.